The van der Waals surface area contributed by atoms with Gasteiger partial charge >= 0.3 is 5.97 Å². The molecule has 0 radical (unpaired) electrons. The lowest BCUT2D eigenvalue weighted by Gasteiger charge is -2.34. The van der Waals surface area contributed by atoms with E-state index in [0.717, 1.165) is 29.1 Å². The van der Waals surface area contributed by atoms with Crippen molar-refractivity contribution in [3.8, 4) is 5.69 Å². The van der Waals surface area contributed by atoms with Crippen LogP contribution in [0.2, 0.25) is 0 Å². The van der Waals surface area contributed by atoms with Gasteiger partial charge in [-0.05, 0) is 36.2 Å². The van der Waals surface area contributed by atoms with Crippen LogP contribution in [0, 0.1) is 6.92 Å². The van der Waals surface area contributed by atoms with Gasteiger partial charge in [-0.25, -0.2) is 9.48 Å². The summed E-state index contributed by atoms with van der Waals surface area (Å²) >= 11 is 0. The number of carboxylic acid groups (broad SMARTS) is 1. The van der Waals surface area contributed by atoms with Gasteiger partial charge in [0.25, 0.3) is 5.79 Å². The molecule has 1 aliphatic heterocycles. The first kappa shape index (κ1) is 23.2. The zero-order valence-corrected chi connectivity index (χ0v) is 20.0. The van der Waals surface area contributed by atoms with Gasteiger partial charge in [-0.15, -0.1) is 0 Å². The molecule has 1 aliphatic rings. The van der Waals surface area contributed by atoms with Crippen molar-refractivity contribution in [1.82, 2.24) is 9.78 Å². The summed E-state index contributed by atoms with van der Waals surface area (Å²) in [5.41, 5.74) is 6.69. The second kappa shape index (κ2) is 8.76. The Labute approximate surface area is 195 Å². The highest BCUT2D eigenvalue weighted by atomic mass is 16.7. The highest BCUT2D eigenvalue weighted by Gasteiger charge is 2.40. The SMILES string of the molecule is Cc1ccc(-n2nc(C(C)(C)C)cc2Cc2ccc(C3COC(C)(C(=O)O)OC3)cc2)cc1. The van der Waals surface area contributed by atoms with Gasteiger partial charge < -0.3 is 14.6 Å². The summed E-state index contributed by atoms with van der Waals surface area (Å²) in [7, 11) is 0. The minimum absolute atomic E-state index is 0.0112. The Bertz CT molecular complexity index is 1120. The molecule has 1 fully saturated rings. The zero-order chi connectivity index (χ0) is 23.8. The first-order valence-corrected chi connectivity index (χ1v) is 11.3. The van der Waals surface area contributed by atoms with E-state index in [1.165, 1.54) is 18.1 Å². The Morgan fingerprint density at radius 2 is 1.70 bits per heavy atom. The summed E-state index contributed by atoms with van der Waals surface area (Å²) in [6.07, 6.45) is 0.756. The van der Waals surface area contributed by atoms with E-state index in [1.807, 2.05) is 4.68 Å². The van der Waals surface area contributed by atoms with E-state index in [9.17, 15) is 9.90 Å². The number of aliphatic carboxylic acids is 1. The fourth-order valence-electron chi connectivity index (χ4n) is 3.86. The lowest BCUT2D eigenvalue weighted by molar-refractivity contribution is -0.262. The first-order valence-electron chi connectivity index (χ1n) is 11.3. The van der Waals surface area contributed by atoms with Crippen molar-refractivity contribution in [1.29, 1.82) is 0 Å². The number of carbonyl (C=O) groups is 1. The van der Waals surface area contributed by atoms with E-state index >= 15 is 0 Å². The number of aryl methyl sites for hydroxylation is 1. The third-order valence-electron chi connectivity index (χ3n) is 6.17. The Morgan fingerprint density at radius 3 is 2.24 bits per heavy atom. The first-order chi connectivity index (χ1) is 15.5. The Kier molecular flexibility index (Phi) is 6.16. The number of ether oxygens (including phenoxy) is 2. The van der Waals surface area contributed by atoms with Crippen molar-refractivity contribution in [2.45, 2.75) is 58.2 Å². The van der Waals surface area contributed by atoms with Gasteiger partial charge in [0, 0.05) is 30.4 Å². The fraction of sp³-hybridized carbons (Fsp3) is 0.407. The average molecular weight is 449 g/mol. The van der Waals surface area contributed by atoms with Gasteiger partial charge in [0.1, 0.15) is 0 Å². The second-order valence-electron chi connectivity index (χ2n) is 10.0. The van der Waals surface area contributed by atoms with Crippen molar-refractivity contribution in [2.75, 3.05) is 13.2 Å². The molecule has 0 aliphatic carbocycles. The number of hydrogen-bond acceptors (Lipinski definition) is 4. The molecule has 1 saturated heterocycles. The highest BCUT2D eigenvalue weighted by Crippen LogP contribution is 2.29. The van der Waals surface area contributed by atoms with E-state index in [1.54, 1.807) is 0 Å². The Balaban J connectivity index is 1.54. The van der Waals surface area contributed by atoms with Crippen LogP contribution < -0.4 is 0 Å². The molecule has 2 aromatic carbocycles. The molecule has 0 amide bonds. The third kappa shape index (κ3) is 5.02. The summed E-state index contributed by atoms with van der Waals surface area (Å²) in [6.45, 7) is 10.7. The van der Waals surface area contributed by atoms with Crippen LogP contribution in [0.4, 0.5) is 0 Å². The Hall–Kier alpha value is -2.96. The van der Waals surface area contributed by atoms with Gasteiger partial charge in [-0.2, -0.15) is 5.10 Å². The summed E-state index contributed by atoms with van der Waals surface area (Å²) in [5, 5.41) is 14.2. The predicted octanol–water partition coefficient (Wildman–Crippen LogP) is 5.00. The lowest BCUT2D eigenvalue weighted by atomic mass is 9.92. The minimum atomic E-state index is -1.56. The van der Waals surface area contributed by atoms with E-state index in [0.29, 0.717) is 13.2 Å². The number of nitrogens with zero attached hydrogens (tertiary/aromatic N) is 2. The van der Waals surface area contributed by atoms with Crippen LogP contribution in [0.1, 0.15) is 61.7 Å². The van der Waals surface area contributed by atoms with Crippen molar-refractivity contribution in [3.63, 3.8) is 0 Å². The van der Waals surface area contributed by atoms with E-state index in [2.05, 4.69) is 82.3 Å². The molecule has 0 spiro atoms. The van der Waals surface area contributed by atoms with Crippen molar-refractivity contribution >= 4 is 5.97 Å². The van der Waals surface area contributed by atoms with Crippen LogP contribution in [0.5, 0.6) is 0 Å². The molecule has 0 bridgehead atoms. The quantitative estimate of drug-likeness (QED) is 0.595. The number of aromatic nitrogens is 2. The van der Waals surface area contributed by atoms with Gasteiger partial charge in [-0.1, -0.05) is 62.7 Å². The molecule has 2 heterocycles. The lowest BCUT2D eigenvalue weighted by Crippen LogP contribution is -2.47. The molecule has 6 nitrogen and oxygen atoms in total. The average Bonchev–Trinajstić information content (AvgIpc) is 3.20. The summed E-state index contributed by atoms with van der Waals surface area (Å²) in [4.78, 5) is 11.3. The number of carboxylic acids is 1. The summed E-state index contributed by atoms with van der Waals surface area (Å²) in [6, 6.07) is 19.0. The normalized spacial score (nSPS) is 21.2. The molecule has 0 atom stereocenters. The van der Waals surface area contributed by atoms with E-state index < -0.39 is 11.8 Å². The molecule has 3 aromatic rings. The maximum atomic E-state index is 11.3. The van der Waals surface area contributed by atoms with Crippen molar-refractivity contribution in [3.05, 3.63) is 82.7 Å². The zero-order valence-electron chi connectivity index (χ0n) is 20.0. The summed E-state index contributed by atoms with van der Waals surface area (Å²) < 4.78 is 13.0. The molecule has 1 N–H and O–H groups in total. The highest BCUT2D eigenvalue weighted by molar-refractivity contribution is 5.75. The molecule has 0 saturated carbocycles. The van der Waals surface area contributed by atoms with Crippen molar-refractivity contribution < 1.29 is 19.4 Å². The summed E-state index contributed by atoms with van der Waals surface area (Å²) in [5.74, 6) is -2.65. The van der Waals surface area contributed by atoms with Crippen LogP contribution in [-0.4, -0.2) is 39.9 Å². The topological polar surface area (TPSA) is 73.6 Å². The maximum absolute atomic E-state index is 11.3. The Morgan fingerprint density at radius 1 is 1.09 bits per heavy atom. The molecular formula is C27H32N2O4. The van der Waals surface area contributed by atoms with Crippen LogP contribution in [-0.2, 0) is 26.1 Å². The van der Waals surface area contributed by atoms with Crippen molar-refractivity contribution in [2.24, 2.45) is 0 Å². The van der Waals surface area contributed by atoms with Gasteiger partial charge in [0.05, 0.1) is 24.6 Å². The predicted molar refractivity (Wildman–Crippen MR) is 127 cm³/mol. The van der Waals surface area contributed by atoms with Gasteiger partial charge in [0.2, 0.25) is 0 Å². The molecule has 174 valence electrons. The largest absolute Gasteiger partial charge is 0.477 e. The molecule has 1 aromatic heterocycles. The standard InChI is InChI=1S/C27H32N2O4/c1-18-6-12-22(13-7-18)29-23(15-24(28-29)26(2,3)4)14-19-8-10-20(11-9-19)21-16-32-27(5,25(30)31)33-17-21/h6-13,15,21H,14,16-17H2,1-5H3,(H,30,31). The number of rotatable bonds is 5. The monoisotopic (exact) mass is 448 g/mol. The molecule has 4 rings (SSSR count). The second-order valence-corrected chi connectivity index (χ2v) is 10.0. The third-order valence-corrected chi connectivity index (χ3v) is 6.17. The maximum Gasteiger partial charge on any atom is 0.364 e. The van der Waals surface area contributed by atoms with E-state index in [4.69, 9.17) is 14.6 Å². The van der Waals surface area contributed by atoms with Crippen LogP contribution in [0.15, 0.2) is 54.6 Å². The van der Waals surface area contributed by atoms with Gasteiger partial charge in [-0.3, -0.25) is 0 Å². The van der Waals surface area contributed by atoms with Crippen LogP contribution in [0.3, 0.4) is 0 Å². The molecule has 33 heavy (non-hydrogen) atoms. The smallest absolute Gasteiger partial charge is 0.364 e. The molecule has 6 heteroatoms. The van der Waals surface area contributed by atoms with Gasteiger partial charge in [0.15, 0.2) is 0 Å². The fourth-order valence-corrected chi connectivity index (χ4v) is 3.86. The van der Waals surface area contributed by atoms with Crippen LogP contribution >= 0.6 is 0 Å². The number of benzene rings is 2. The molecule has 0 unspecified atom stereocenters. The van der Waals surface area contributed by atoms with Crippen LogP contribution in [0.25, 0.3) is 5.69 Å². The van der Waals surface area contributed by atoms with E-state index in [-0.39, 0.29) is 11.3 Å². The molecular weight excluding hydrogens is 416 g/mol. The number of hydrogen-bond donors (Lipinski definition) is 1. The minimum Gasteiger partial charge on any atom is -0.477 e.